The summed E-state index contributed by atoms with van der Waals surface area (Å²) in [6, 6.07) is 5.34. The smallest absolute Gasteiger partial charge is 0.305 e. The molecule has 0 saturated heterocycles. The largest absolute Gasteiger partial charge is 0.325 e. The molecule has 3 aromatic rings. The lowest BCUT2D eigenvalue weighted by atomic mass is 10.2. The van der Waals surface area contributed by atoms with Crippen molar-refractivity contribution in [2.75, 3.05) is 17.2 Å². The van der Waals surface area contributed by atoms with Gasteiger partial charge in [0.1, 0.15) is 5.03 Å². The maximum absolute atomic E-state index is 12.8. The highest BCUT2D eigenvalue weighted by Crippen LogP contribution is 2.33. The van der Waals surface area contributed by atoms with Gasteiger partial charge < -0.3 is 9.88 Å². The van der Waals surface area contributed by atoms with Gasteiger partial charge in [0.2, 0.25) is 0 Å². The van der Waals surface area contributed by atoms with Crippen LogP contribution >= 0.6 is 11.8 Å². The van der Waals surface area contributed by atoms with Crippen LogP contribution < -0.4 is 10.6 Å². The third-order valence-corrected chi connectivity index (χ3v) is 4.43. The molecular weight excluding hydrogens is 302 g/mol. The third-order valence-electron chi connectivity index (χ3n) is 3.46. The van der Waals surface area contributed by atoms with Crippen LogP contribution in [-0.2, 0) is 0 Å². The minimum Gasteiger partial charge on any atom is -0.305 e. The van der Waals surface area contributed by atoms with Crippen LogP contribution in [-0.4, -0.2) is 38.1 Å². The van der Waals surface area contributed by atoms with Crippen molar-refractivity contribution in [3.05, 3.63) is 46.6 Å². The SMILES string of the molecule is O=C(c1cnc2[nH]c(=O)[nH]c2c1)N1CCSc2ncccc21. The molecule has 1 aliphatic heterocycles. The Balaban J connectivity index is 1.76. The number of rotatable bonds is 1. The quantitative estimate of drug-likeness (QED) is 0.708. The maximum Gasteiger partial charge on any atom is 0.325 e. The van der Waals surface area contributed by atoms with Gasteiger partial charge >= 0.3 is 5.69 Å². The van der Waals surface area contributed by atoms with E-state index in [0.717, 1.165) is 16.5 Å². The monoisotopic (exact) mass is 313 g/mol. The highest BCUT2D eigenvalue weighted by molar-refractivity contribution is 7.99. The molecule has 110 valence electrons. The lowest BCUT2D eigenvalue weighted by molar-refractivity contribution is 0.0987. The standard InChI is InChI=1S/C14H11N5O2S/c20-13(8-6-9-11(16-7-8)18-14(21)17-9)19-4-5-22-12-10(19)2-1-3-15-12/h1-3,6-7H,4-5H2,(H2,16,17,18,21). The van der Waals surface area contributed by atoms with E-state index in [0.29, 0.717) is 23.3 Å². The zero-order valence-corrected chi connectivity index (χ0v) is 12.2. The Morgan fingerprint density at radius 2 is 2.23 bits per heavy atom. The van der Waals surface area contributed by atoms with Crippen molar-refractivity contribution in [2.24, 2.45) is 0 Å². The van der Waals surface area contributed by atoms with Crippen molar-refractivity contribution >= 4 is 34.5 Å². The van der Waals surface area contributed by atoms with Gasteiger partial charge in [0.05, 0.1) is 16.8 Å². The Labute approximate surface area is 128 Å². The molecule has 4 rings (SSSR count). The van der Waals surface area contributed by atoms with Gasteiger partial charge in [-0.1, -0.05) is 0 Å². The first-order chi connectivity index (χ1) is 10.7. The first-order valence-corrected chi connectivity index (χ1v) is 7.69. The van der Waals surface area contributed by atoms with Gasteiger partial charge in [0.15, 0.2) is 5.65 Å². The lowest BCUT2D eigenvalue weighted by Crippen LogP contribution is -2.35. The summed E-state index contributed by atoms with van der Waals surface area (Å²) in [6.45, 7) is 0.615. The predicted octanol–water partition coefficient (Wildman–Crippen LogP) is 1.40. The number of nitrogens with zero attached hydrogens (tertiary/aromatic N) is 3. The highest BCUT2D eigenvalue weighted by atomic mass is 32.2. The second kappa shape index (κ2) is 4.99. The molecule has 0 fully saturated rings. The molecule has 2 N–H and O–H groups in total. The Kier molecular flexibility index (Phi) is 2.97. The number of carbonyl (C=O) groups is 1. The van der Waals surface area contributed by atoms with Crippen molar-refractivity contribution in [3.8, 4) is 0 Å². The molecule has 0 spiro atoms. The van der Waals surface area contributed by atoms with Crippen LogP contribution in [0.15, 0.2) is 40.4 Å². The van der Waals surface area contributed by atoms with E-state index in [1.807, 2.05) is 12.1 Å². The summed E-state index contributed by atoms with van der Waals surface area (Å²) in [6.07, 6.45) is 3.20. The van der Waals surface area contributed by atoms with Gasteiger partial charge in [-0.25, -0.2) is 14.8 Å². The first-order valence-electron chi connectivity index (χ1n) is 6.70. The lowest BCUT2D eigenvalue weighted by Gasteiger charge is -2.28. The van der Waals surface area contributed by atoms with Crippen LogP contribution in [0.1, 0.15) is 10.4 Å². The molecule has 7 nitrogen and oxygen atoms in total. The number of nitrogens with one attached hydrogen (secondary N) is 2. The molecule has 1 aliphatic rings. The van der Waals surface area contributed by atoms with Gasteiger partial charge in [-0.15, -0.1) is 11.8 Å². The van der Waals surface area contributed by atoms with Crippen LogP contribution in [0.5, 0.6) is 0 Å². The van der Waals surface area contributed by atoms with Gasteiger partial charge in [-0.3, -0.25) is 9.78 Å². The number of aromatic nitrogens is 4. The van der Waals surface area contributed by atoms with Crippen LogP contribution in [0.4, 0.5) is 5.69 Å². The molecule has 0 aromatic carbocycles. The third kappa shape index (κ3) is 2.08. The molecule has 3 aromatic heterocycles. The number of fused-ring (bicyclic) bond motifs is 2. The van der Waals surface area contributed by atoms with Gasteiger partial charge in [-0.05, 0) is 18.2 Å². The van der Waals surface area contributed by atoms with Crippen molar-refractivity contribution < 1.29 is 4.79 Å². The zero-order valence-electron chi connectivity index (χ0n) is 11.4. The number of carbonyl (C=O) groups excluding carboxylic acids is 1. The summed E-state index contributed by atoms with van der Waals surface area (Å²) in [4.78, 5) is 39.3. The van der Waals surface area contributed by atoms with E-state index in [-0.39, 0.29) is 11.6 Å². The summed E-state index contributed by atoms with van der Waals surface area (Å²) in [5, 5.41) is 0.853. The molecule has 4 heterocycles. The predicted molar refractivity (Wildman–Crippen MR) is 83.4 cm³/mol. The number of imidazole rings is 1. The molecular formula is C14H11N5O2S. The molecule has 0 aliphatic carbocycles. The van der Waals surface area contributed by atoms with Gasteiger partial charge in [0, 0.05) is 24.7 Å². The molecule has 0 bridgehead atoms. The van der Waals surface area contributed by atoms with E-state index in [9.17, 15) is 9.59 Å². The normalized spacial score (nSPS) is 14.1. The van der Waals surface area contributed by atoms with Crippen molar-refractivity contribution in [2.45, 2.75) is 5.03 Å². The van der Waals surface area contributed by atoms with Crippen LogP contribution in [0.2, 0.25) is 0 Å². The number of aromatic amines is 2. The van der Waals surface area contributed by atoms with Crippen LogP contribution in [0.25, 0.3) is 11.2 Å². The summed E-state index contributed by atoms with van der Waals surface area (Å²) in [7, 11) is 0. The molecule has 0 atom stereocenters. The highest BCUT2D eigenvalue weighted by Gasteiger charge is 2.25. The Morgan fingerprint density at radius 3 is 3.14 bits per heavy atom. The summed E-state index contributed by atoms with van der Waals surface area (Å²) in [5.74, 6) is 0.651. The van der Waals surface area contributed by atoms with E-state index >= 15 is 0 Å². The van der Waals surface area contributed by atoms with E-state index in [2.05, 4.69) is 19.9 Å². The van der Waals surface area contributed by atoms with Crippen molar-refractivity contribution in [1.82, 2.24) is 19.9 Å². The topological polar surface area (TPSA) is 94.7 Å². The maximum atomic E-state index is 12.8. The summed E-state index contributed by atoms with van der Waals surface area (Å²) in [5.41, 5.74) is 1.87. The number of thioether (sulfide) groups is 1. The molecule has 1 amide bonds. The summed E-state index contributed by atoms with van der Waals surface area (Å²) >= 11 is 1.64. The molecule has 8 heteroatoms. The van der Waals surface area contributed by atoms with E-state index in [4.69, 9.17) is 0 Å². The number of anilines is 1. The second-order valence-corrected chi connectivity index (χ2v) is 5.92. The number of amides is 1. The van der Waals surface area contributed by atoms with Gasteiger partial charge in [-0.2, -0.15) is 0 Å². The van der Waals surface area contributed by atoms with E-state index < -0.39 is 0 Å². The van der Waals surface area contributed by atoms with Crippen LogP contribution in [0, 0.1) is 0 Å². The average molecular weight is 313 g/mol. The minimum absolute atomic E-state index is 0.147. The zero-order chi connectivity index (χ0) is 15.1. The van der Waals surface area contributed by atoms with Gasteiger partial charge in [0.25, 0.3) is 5.91 Å². The number of hydrogen-bond donors (Lipinski definition) is 2. The first kappa shape index (κ1) is 13.1. The number of H-pyrrole nitrogens is 2. The fourth-order valence-corrected chi connectivity index (χ4v) is 3.39. The van der Waals surface area contributed by atoms with Crippen LogP contribution in [0.3, 0.4) is 0 Å². The number of hydrogen-bond acceptors (Lipinski definition) is 5. The Morgan fingerprint density at radius 1 is 1.32 bits per heavy atom. The number of pyridine rings is 2. The fourth-order valence-electron chi connectivity index (χ4n) is 2.46. The second-order valence-electron chi connectivity index (χ2n) is 4.83. The van der Waals surface area contributed by atoms with E-state index in [1.54, 1.807) is 28.9 Å². The van der Waals surface area contributed by atoms with E-state index in [1.165, 1.54) is 6.20 Å². The minimum atomic E-state index is -0.337. The molecule has 0 radical (unpaired) electrons. The molecule has 22 heavy (non-hydrogen) atoms. The Bertz CT molecular complexity index is 932. The van der Waals surface area contributed by atoms with Crippen molar-refractivity contribution in [1.29, 1.82) is 0 Å². The Hall–Kier alpha value is -2.61. The molecule has 0 saturated carbocycles. The fraction of sp³-hybridized carbons (Fsp3) is 0.143. The van der Waals surface area contributed by atoms with Crippen molar-refractivity contribution in [3.63, 3.8) is 0 Å². The molecule has 0 unspecified atom stereocenters. The summed E-state index contributed by atoms with van der Waals surface area (Å²) < 4.78 is 0. The average Bonchev–Trinajstić information content (AvgIpc) is 2.92.